The fraction of sp³-hybridized carbons (Fsp3) is 0.0952. The van der Waals surface area contributed by atoms with Crippen LogP contribution in [0.4, 0.5) is 15.8 Å². The molecule has 4 rings (SSSR count). The Labute approximate surface area is 194 Å². The van der Waals surface area contributed by atoms with E-state index in [2.05, 4.69) is 10.4 Å². The standard InChI is InChI=1S/C21H14ClFN4O5S/c1-11-13-9-18(33-20(13)26(25-11)17-5-3-2-4-14(17)22)21(29)32-10-19(28)24-16-8-12(27(30)31)6-7-15(16)23/h2-9H,10H2,1H3,(H,24,28). The molecule has 0 aliphatic carbocycles. The molecule has 0 saturated heterocycles. The highest BCUT2D eigenvalue weighted by molar-refractivity contribution is 7.20. The van der Waals surface area contributed by atoms with Gasteiger partial charge in [0, 0.05) is 17.5 Å². The molecule has 0 spiro atoms. The molecule has 2 heterocycles. The molecule has 33 heavy (non-hydrogen) atoms. The molecular weight excluding hydrogens is 475 g/mol. The molecule has 4 aromatic rings. The van der Waals surface area contributed by atoms with Crippen molar-refractivity contribution in [2.75, 3.05) is 11.9 Å². The molecule has 1 amide bonds. The number of halogens is 2. The Morgan fingerprint density at radius 2 is 2.03 bits per heavy atom. The molecule has 1 N–H and O–H groups in total. The maximum absolute atomic E-state index is 13.8. The number of nitrogens with zero attached hydrogens (tertiary/aromatic N) is 3. The zero-order valence-corrected chi connectivity index (χ0v) is 18.4. The van der Waals surface area contributed by atoms with E-state index in [1.54, 1.807) is 35.9 Å². The highest BCUT2D eigenvalue weighted by atomic mass is 35.5. The maximum atomic E-state index is 13.8. The second kappa shape index (κ2) is 8.96. The number of fused-ring (bicyclic) bond motifs is 1. The van der Waals surface area contributed by atoms with Gasteiger partial charge in [-0.3, -0.25) is 14.9 Å². The lowest BCUT2D eigenvalue weighted by atomic mass is 10.2. The minimum Gasteiger partial charge on any atom is -0.451 e. The van der Waals surface area contributed by atoms with Crippen LogP contribution in [0, 0.1) is 22.9 Å². The smallest absolute Gasteiger partial charge is 0.348 e. The van der Waals surface area contributed by atoms with Crippen molar-refractivity contribution in [1.29, 1.82) is 0 Å². The summed E-state index contributed by atoms with van der Waals surface area (Å²) in [6.07, 6.45) is 0. The summed E-state index contributed by atoms with van der Waals surface area (Å²) in [6.45, 7) is 1.09. The van der Waals surface area contributed by atoms with Gasteiger partial charge in [0.2, 0.25) is 0 Å². The lowest BCUT2D eigenvalue weighted by Crippen LogP contribution is -2.21. The van der Waals surface area contributed by atoms with E-state index in [9.17, 15) is 24.1 Å². The van der Waals surface area contributed by atoms with E-state index >= 15 is 0 Å². The lowest BCUT2D eigenvalue weighted by Gasteiger charge is -2.07. The molecule has 0 bridgehead atoms. The van der Waals surface area contributed by atoms with E-state index < -0.39 is 34.9 Å². The van der Waals surface area contributed by atoms with Gasteiger partial charge in [0.05, 0.1) is 27.0 Å². The SMILES string of the molecule is Cc1nn(-c2ccccc2Cl)c2sc(C(=O)OCC(=O)Nc3cc([N+](=O)[O-])ccc3F)cc12. The van der Waals surface area contributed by atoms with Crippen molar-refractivity contribution in [3.8, 4) is 5.69 Å². The molecular formula is C21H14ClFN4O5S. The van der Waals surface area contributed by atoms with Crippen molar-refractivity contribution in [3.05, 3.63) is 80.1 Å². The van der Waals surface area contributed by atoms with Crippen LogP contribution in [0.5, 0.6) is 0 Å². The van der Waals surface area contributed by atoms with Crippen LogP contribution in [-0.4, -0.2) is 33.2 Å². The number of anilines is 1. The van der Waals surface area contributed by atoms with Crippen LogP contribution < -0.4 is 5.32 Å². The van der Waals surface area contributed by atoms with Gasteiger partial charge in [-0.05, 0) is 31.2 Å². The molecule has 0 aliphatic rings. The monoisotopic (exact) mass is 488 g/mol. The Morgan fingerprint density at radius 1 is 1.27 bits per heavy atom. The first kappa shape index (κ1) is 22.4. The minimum absolute atomic E-state index is 0.237. The number of thiophene rings is 1. The van der Waals surface area contributed by atoms with Crippen LogP contribution in [-0.2, 0) is 9.53 Å². The number of ether oxygens (including phenoxy) is 1. The van der Waals surface area contributed by atoms with Gasteiger partial charge in [0.25, 0.3) is 11.6 Å². The average molecular weight is 489 g/mol. The number of aromatic nitrogens is 2. The predicted octanol–water partition coefficient (Wildman–Crippen LogP) is 4.89. The summed E-state index contributed by atoms with van der Waals surface area (Å²) in [5.74, 6) is -2.46. The second-order valence-corrected chi connectivity index (χ2v) is 8.26. The van der Waals surface area contributed by atoms with Crippen LogP contribution in [0.2, 0.25) is 5.02 Å². The third-order valence-electron chi connectivity index (χ3n) is 4.60. The van der Waals surface area contributed by atoms with E-state index in [1.807, 2.05) is 6.07 Å². The van der Waals surface area contributed by atoms with Gasteiger partial charge in [-0.1, -0.05) is 23.7 Å². The highest BCUT2D eigenvalue weighted by Crippen LogP contribution is 2.32. The second-order valence-electron chi connectivity index (χ2n) is 6.82. The molecule has 0 saturated carbocycles. The number of benzene rings is 2. The van der Waals surface area contributed by atoms with Crippen LogP contribution in [0.15, 0.2) is 48.5 Å². The summed E-state index contributed by atoms with van der Waals surface area (Å²) >= 11 is 7.39. The quantitative estimate of drug-likeness (QED) is 0.234. The number of rotatable bonds is 6. The van der Waals surface area contributed by atoms with Gasteiger partial charge in [-0.15, -0.1) is 11.3 Å². The van der Waals surface area contributed by atoms with Crippen LogP contribution in [0.1, 0.15) is 15.4 Å². The molecule has 9 nitrogen and oxygen atoms in total. The Balaban J connectivity index is 1.48. The summed E-state index contributed by atoms with van der Waals surface area (Å²) in [7, 11) is 0. The van der Waals surface area contributed by atoms with Gasteiger partial charge in [0.1, 0.15) is 15.5 Å². The molecule has 0 radical (unpaired) electrons. The number of nitro benzene ring substituents is 1. The summed E-state index contributed by atoms with van der Waals surface area (Å²) in [4.78, 5) is 35.6. The number of para-hydroxylation sites is 1. The average Bonchev–Trinajstić information content (AvgIpc) is 3.34. The normalized spacial score (nSPS) is 10.9. The van der Waals surface area contributed by atoms with E-state index in [0.29, 0.717) is 21.2 Å². The third-order valence-corrected chi connectivity index (χ3v) is 6.01. The first-order valence-electron chi connectivity index (χ1n) is 9.39. The third kappa shape index (κ3) is 4.54. The number of carbonyl (C=O) groups is 2. The van der Waals surface area contributed by atoms with Crippen molar-refractivity contribution >= 4 is 56.4 Å². The maximum Gasteiger partial charge on any atom is 0.348 e. The number of nitrogens with one attached hydrogen (secondary N) is 1. The van der Waals surface area contributed by atoms with Crippen LogP contribution >= 0.6 is 22.9 Å². The minimum atomic E-state index is -0.857. The van der Waals surface area contributed by atoms with Gasteiger partial charge < -0.3 is 10.1 Å². The predicted molar refractivity (Wildman–Crippen MR) is 121 cm³/mol. The van der Waals surface area contributed by atoms with Crippen molar-refractivity contribution in [3.63, 3.8) is 0 Å². The summed E-state index contributed by atoms with van der Waals surface area (Å²) in [6, 6.07) is 11.5. The molecule has 0 fully saturated rings. The van der Waals surface area contributed by atoms with Crippen LogP contribution in [0.25, 0.3) is 15.9 Å². The Hall–Kier alpha value is -3.83. The van der Waals surface area contributed by atoms with E-state index in [-0.39, 0.29) is 10.6 Å². The number of hydrogen-bond acceptors (Lipinski definition) is 7. The summed E-state index contributed by atoms with van der Waals surface area (Å²) in [5.41, 5.74) is 0.552. The molecule has 0 atom stereocenters. The van der Waals surface area contributed by atoms with Gasteiger partial charge in [0.15, 0.2) is 6.61 Å². The van der Waals surface area contributed by atoms with Crippen molar-refractivity contribution in [2.24, 2.45) is 0 Å². The van der Waals surface area contributed by atoms with E-state index in [0.717, 1.165) is 34.9 Å². The van der Waals surface area contributed by atoms with E-state index in [4.69, 9.17) is 16.3 Å². The molecule has 168 valence electrons. The van der Waals surface area contributed by atoms with E-state index in [1.165, 1.54) is 0 Å². The number of esters is 1. The van der Waals surface area contributed by atoms with Gasteiger partial charge in [-0.25, -0.2) is 13.9 Å². The molecule has 12 heteroatoms. The van der Waals surface area contributed by atoms with Gasteiger partial charge >= 0.3 is 5.97 Å². The van der Waals surface area contributed by atoms with Crippen molar-refractivity contribution < 1.29 is 23.6 Å². The number of nitro groups is 1. The molecule has 0 unspecified atom stereocenters. The van der Waals surface area contributed by atoms with Crippen LogP contribution in [0.3, 0.4) is 0 Å². The number of aryl methyl sites for hydroxylation is 1. The Kier molecular flexibility index (Phi) is 6.07. The fourth-order valence-electron chi connectivity index (χ4n) is 3.05. The first-order chi connectivity index (χ1) is 15.7. The van der Waals surface area contributed by atoms with Gasteiger partial charge in [-0.2, -0.15) is 5.10 Å². The Morgan fingerprint density at radius 3 is 2.76 bits per heavy atom. The summed E-state index contributed by atoms with van der Waals surface area (Å²) in [5, 5.41) is 18.7. The molecule has 2 aromatic heterocycles. The highest BCUT2D eigenvalue weighted by Gasteiger charge is 2.20. The lowest BCUT2D eigenvalue weighted by molar-refractivity contribution is -0.384. The summed E-state index contributed by atoms with van der Waals surface area (Å²) < 4.78 is 20.5. The van der Waals surface area contributed by atoms with Crippen molar-refractivity contribution in [2.45, 2.75) is 6.92 Å². The van der Waals surface area contributed by atoms with Crippen molar-refractivity contribution in [1.82, 2.24) is 9.78 Å². The number of hydrogen-bond donors (Lipinski definition) is 1. The Bertz CT molecular complexity index is 1420. The molecule has 0 aliphatic heterocycles. The molecule has 2 aromatic carbocycles. The zero-order valence-electron chi connectivity index (χ0n) is 16.9. The number of carbonyl (C=O) groups excluding carboxylic acids is 2. The zero-order chi connectivity index (χ0) is 23.7. The number of non-ortho nitro benzene ring substituents is 1. The fourth-order valence-corrected chi connectivity index (χ4v) is 4.33. The largest absolute Gasteiger partial charge is 0.451 e. The first-order valence-corrected chi connectivity index (χ1v) is 10.6. The number of amides is 1. The topological polar surface area (TPSA) is 116 Å².